The van der Waals surface area contributed by atoms with E-state index in [1.165, 1.54) is 9.58 Å². The van der Waals surface area contributed by atoms with Crippen LogP contribution < -0.4 is 5.32 Å². The number of nitrogens with one attached hydrogen (secondary N) is 1. The molecule has 0 aliphatic carbocycles. The molecule has 0 saturated carbocycles. The molecule has 0 saturated heterocycles. The Balaban J connectivity index is 1.81. The van der Waals surface area contributed by atoms with Crippen molar-refractivity contribution in [2.45, 2.75) is 6.54 Å². The van der Waals surface area contributed by atoms with E-state index in [0.29, 0.717) is 0 Å². The molecule has 2 aromatic heterocycles. The van der Waals surface area contributed by atoms with Crippen molar-refractivity contribution in [3.05, 3.63) is 39.3 Å². The zero-order valence-corrected chi connectivity index (χ0v) is 11.9. The molecule has 0 aliphatic heterocycles. The molecule has 86 valence electrons. The van der Waals surface area contributed by atoms with Crippen molar-refractivity contribution in [3.63, 3.8) is 0 Å². The third-order valence-electron chi connectivity index (χ3n) is 2.25. The molecule has 0 fully saturated rings. The second-order valence-corrected chi connectivity index (χ2v) is 6.37. The summed E-state index contributed by atoms with van der Waals surface area (Å²) in [4.78, 5) is 9.79. The van der Waals surface area contributed by atoms with Gasteiger partial charge in [-0.05, 0) is 18.2 Å². The van der Waals surface area contributed by atoms with Crippen LogP contribution in [0, 0.1) is 0 Å². The van der Waals surface area contributed by atoms with Gasteiger partial charge in [-0.1, -0.05) is 27.3 Å². The van der Waals surface area contributed by atoms with E-state index in [-0.39, 0.29) is 0 Å². The average molecular weight is 326 g/mol. The van der Waals surface area contributed by atoms with Crippen molar-refractivity contribution in [1.82, 2.24) is 9.97 Å². The van der Waals surface area contributed by atoms with E-state index in [0.717, 1.165) is 21.7 Å². The topological polar surface area (TPSA) is 37.8 Å². The lowest BCUT2D eigenvalue weighted by Gasteiger charge is -1.97. The first kappa shape index (κ1) is 11.1. The number of nitrogens with zero attached hydrogens (tertiary/aromatic N) is 2. The van der Waals surface area contributed by atoms with Crippen molar-refractivity contribution in [3.8, 4) is 0 Å². The lowest BCUT2D eigenvalue weighted by Crippen LogP contribution is -1.96. The van der Waals surface area contributed by atoms with E-state index in [4.69, 9.17) is 0 Å². The molecule has 0 spiro atoms. The summed E-state index contributed by atoms with van der Waals surface area (Å²) in [5.74, 6) is 0. The molecular formula is C11H8BrN3S2. The lowest BCUT2D eigenvalue weighted by molar-refractivity contribution is 1.16. The minimum atomic E-state index is 0.783. The van der Waals surface area contributed by atoms with Gasteiger partial charge in [-0.15, -0.1) is 11.3 Å². The summed E-state index contributed by atoms with van der Waals surface area (Å²) in [7, 11) is 0. The standard InChI is InChI=1S/C11H8BrN3S2/c12-7-1-2-10-9(3-7)15-11(17-10)14-5-8-4-13-6-16-8/h1-4,6H,5H2,(H,14,15). The van der Waals surface area contributed by atoms with Crippen molar-refractivity contribution < 1.29 is 0 Å². The maximum atomic E-state index is 4.53. The van der Waals surface area contributed by atoms with E-state index in [2.05, 4.69) is 37.3 Å². The Labute approximate surface area is 115 Å². The molecule has 6 heteroatoms. The number of aromatic nitrogens is 2. The molecule has 3 aromatic rings. The Morgan fingerprint density at radius 2 is 2.29 bits per heavy atom. The summed E-state index contributed by atoms with van der Waals surface area (Å²) in [6.07, 6.45) is 1.88. The molecule has 0 radical (unpaired) electrons. The quantitative estimate of drug-likeness (QED) is 0.786. The Bertz CT molecular complexity index is 633. The maximum Gasteiger partial charge on any atom is 0.184 e. The van der Waals surface area contributed by atoms with Gasteiger partial charge in [-0.2, -0.15) is 0 Å². The molecule has 0 unspecified atom stereocenters. The van der Waals surface area contributed by atoms with Gasteiger partial charge >= 0.3 is 0 Å². The van der Waals surface area contributed by atoms with E-state index in [9.17, 15) is 0 Å². The van der Waals surface area contributed by atoms with Crippen molar-refractivity contribution in [2.24, 2.45) is 0 Å². The fourth-order valence-electron chi connectivity index (χ4n) is 1.47. The van der Waals surface area contributed by atoms with E-state index in [1.54, 1.807) is 22.7 Å². The summed E-state index contributed by atoms with van der Waals surface area (Å²) >= 11 is 6.77. The van der Waals surface area contributed by atoms with Crippen LogP contribution >= 0.6 is 38.6 Å². The van der Waals surface area contributed by atoms with Crippen LogP contribution in [-0.4, -0.2) is 9.97 Å². The molecule has 3 nitrogen and oxygen atoms in total. The van der Waals surface area contributed by atoms with Crippen LogP contribution in [0.25, 0.3) is 10.2 Å². The summed E-state index contributed by atoms with van der Waals surface area (Å²) < 4.78 is 2.25. The first-order valence-electron chi connectivity index (χ1n) is 4.98. The second-order valence-electron chi connectivity index (χ2n) is 3.45. The summed E-state index contributed by atoms with van der Waals surface area (Å²) in [6.45, 7) is 0.783. The van der Waals surface area contributed by atoms with Gasteiger partial charge < -0.3 is 5.32 Å². The monoisotopic (exact) mass is 325 g/mol. The van der Waals surface area contributed by atoms with E-state index < -0.39 is 0 Å². The molecule has 0 aliphatic rings. The second kappa shape index (κ2) is 4.72. The number of benzene rings is 1. The van der Waals surface area contributed by atoms with Crippen LogP contribution in [-0.2, 0) is 6.54 Å². The smallest absolute Gasteiger partial charge is 0.184 e. The van der Waals surface area contributed by atoms with Crippen LogP contribution in [0.1, 0.15) is 4.88 Å². The first-order valence-corrected chi connectivity index (χ1v) is 7.47. The molecular weight excluding hydrogens is 318 g/mol. The highest BCUT2D eigenvalue weighted by Crippen LogP contribution is 2.28. The number of anilines is 1. The predicted octanol–water partition coefficient (Wildman–Crippen LogP) is 4.13. The molecule has 0 bridgehead atoms. The van der Waals surface area contributed by atoms with Gasteiger partial charge in [0, 0.05) is 15.5 Å². The fourth-order valence-corrected chi connectivity index (χ4v) is 3.19. The fraction of sp³-hybridized carbons (Fsp3) is 0.0909. The SMILES string of the molecule is Brc1ccc2sc(NCc3cncs3)nc2c1. The highest BCUT2D eigenvalue weighted by molar-refractivity contribution is 9.10. The Kier molecular flexibility index (Phi) is 3.09. The number of hydrogen-bond donors (Lipinski definition) is 1. The molecule has 17 heavy (non-hydrogen) atoms. The Morgan fingerprint density at radius 3 is 3.12 bits per heavy atom. The number of rotatable bonds is 3. The zero-order chi connectivity index (χ0) is 11.7. The largest absolute Gasteiger partial charge is 0.357 e. The van der Waals surface area contributed by atoms with Crippen LogP contribution in [0.2, 0.25) is 0 Å². The number of fused-ring (bicyclic) bond motifs is 1. The molecule has 1 aromatic carbocycles. The molecule has 2 heterocycles. The lowest BCUT2D eigenvalue weighted by atomic mass is 10.3. The maximum absolute atomic E-state index is 4.53. The van der Waals surface area contributed by atoms with Crippen molar-refractivity contribution in [1.29, 1.82) is 0 Å². The summed E-state index contributed by atoms with van der Waals surface area (Å²) in [5.41, 5.74) is 2.86. The first-order chi connectivity index (χ1) is 8.31. The number of thiazole rings is 2. The minimum Gasteiger partial charge on any atom is -0.357 e. The number of hydrogen-bond acceptors (Lipinski definition) is 5. The van der Waals surface area contributed by atoms with Gasteiger partial charge in [-0.3, -0.25) is 4.98 Å². The summed E-state index contributed by atoms with van der Waals surface area (Å²) in [5, 5.41) is 4.27. The highest BCUT2D eigenvalue weighted by Gasteiger charge is 2.04. The van der Waals surface area contributed by atoms with E-state index in [1.807, 2.05) is 23.8 Å². The zero-order valence-electron chi connectivity index (χ0n) is 8.68. The molecule has 0 amide bonds. The van der Waals surface area contributed by atoms with Crippen molar-refractivity contribution in [2.75, 3.05) is 5.32 Å². The number of halogens is 1. The molecule has 1 N–H and O–H groups in total. The normalized spacial score (nSPS) is 10.9. The van der Waals surface area contributed by atoms with Crippen LogP contribution in [0.15, 0.2) is 34.4 Å². The minimum absolute atomic E-state index is 0.783. The van der Waals surface area contributed by atoms with E-state index >= 15 is 0 Å². The van der Waals surface area contributed by atoms with Crippen LogP contribution in [0.4, 0.5) is 5.13 Å². The molecule has 3 rings (SSSR count). The van der Waals surface area contributed by atoms with Gasteiger partial charge in [0.15, 0.2) is 5.13 Å². The average Bonchev–Trinajstić information content (AvgIpc) is 2.94. The van der Waals surface area contributed by atoms with Crippen LogP contribution in [0.3, 0.4) is 0 Å². The Hall–Kier alpha value is -0.980. The van der Waals surface area contributed by atoms with Gasteiger partial charge in [0.2, 0.25) is 0 Å². The van der Waals surface area contributed by atoms with Gasteiger partial charge in [0.25, 0.3) is 0 Å². The van der Waals surface area contributed by atoms with Gasteiger partial charge in [0.05, 0.1) is 22.3 Å². The van der Waals surface area contributed by atoms with Crippen LogP contribution in [0.5, 0.6) is 0 Å². The highest BCUT2D eigenvalue weighted by atomic mass is 79.9. The van der Waals surface area contributed by atoms with Crippen molar-refractivity contribution >= 4 is 54.0 Å². The third-order valence-corrected chi connectivity index (χ3v) is 4.51. The Morgan fingerprint density at radius 1 is 1.35 bits per heavy atom. The van der Waals surface area contributed by atoms with Gasteiger partial charge in [-0.25, -0.2) is 4.98 Å². The predicted molar refractivity (Wildman–Crippen MR) is 76.8 cm³/mol. The van der Waals surface area contributed by atoms with Gasteiger partial charge in [0.1, 0.15) is 0 Å². The summed E-state index contributed by atoms with van der Waals surface area (Å²) in [6, 6.07) is 6.14. The molecule has 0 atom stereocenters. The third kappa shape index (κ3) is 2.48.